The fourth-order valence-electron chi connectivity index (χ4n) is 1.32. The smallest absolute Gasteiger partial charge is 0.281 e. The minimum atomic E-state index is -0.834. The van der Waals surface area contributed by atoms with Crippen molar-refractivity contribution in [2.75, 3.05) is 5.43 Å². The van der Waals surface area contributed by atoms with Crippen molar-refractivity contribution in [1.82, 2.24) is 14.6 Å². The van der Waals surface area contributed by atoms with Crippen LogP contribution in [0.15, 0.2) is 14.8 Å². The monoisotopic (exact) mass is 269 g/mol. The van der Waals surface area contributed by atoms with Crippen LogP contribution in [-0.2, 0) is 18.9 Å². The van der Waals surface area contributed by atoms with Gasteiger partial charge in [-0.05, 0) is 5.18 Å². The molecule has 0 atom stereocenters. The molecular weight excluding hydrogens is 254 g/mol. The molecule has 0 bridgehead atoms. The second-order valence-electron chi connectivity index (χ2n) is 4.26. The van der Waals surface area contributed by atoms with Crippen LogP contribution in [0, 0.1) is 10.8 Å². The molecule has 1 aromatic rings. The summed E-state index contributed by atoms with van der Waals surface area (Å²) in [4.78, 5) is 45.5. The first-order valence-corrected chi connectivity index (χ1v) is 5.50. The van der Waals surface area contributed by atoms with Crippen molar-refractivity contribution in [3.8, 4) is 0 Å². The molecule has 1 rings (SSSR count). The summed E-state index contributed by atoms with van der Waals surface area (Å²) in [6, 6.07) is 0. The lowest BCUT2D eigenvalue weighted by atomic mass is 10.2. The van der Waals surface area contributed by atoms with Crippen molar-refractivity contribution in [3.05, 3.63) is 25.7 Å². The molecule has 0 aromatic carbocycles. The summed E-state index contributed by atoms with van der Waals surface area (Å²) < 4.78 is 1.77. The largest absolute Gasteiger partial charge is 0.332 e. The third-order valence-electron chi connectivity index (χ3n) is 2.56. The number of carbonyl (C=O) groups is 1. The number of hydrogen-bond donors (Lipinski definition) is 2. The highest BCUT2D eigenvalue weighted by molar-refractivity contribution is 5.79. The van der Waals surface area contributed by atoms with Gasteiger partial charge in [0.2, 0.25) is 11.6 Å². The highest BCUT2D eigenvalue weighted by atomic mass is 16.3. The maximum Gasteiger partial charge on any atom is 0.332 e. The fraction of sp³-hybridized carbons (Fsp3) is 0.500. The molecule has 0 unspecified atom stereocenters. The van der Waals surface area contributed by atoms with Crippen LogP contribution in [0.4, 0.5) is 11.5 Å². The molecule has 0 spiro atoms. The van der Waals surface area contributed by atoms with Gasteiger partial charge in [-0.25, -0.2) is 4.79 Å². The zero-order chi connectivity index (χ0) is 14.7. The van der Waals surface area contributed by atoms with E-state index in [1.807, 2.05) is 0 Å². The van der Waals surface area contributed by atoms with Gasteiger partial charge in [0.25, 0.3) is 5.56 Å². The van der Waals surface area contributed by atoms with Crippen LogP contribution in [0.1, 0.15) is 13.8 Å². The van der Waals surface area contributed by atoms with Crippen LogP contribution in [0.5, 0.6) is 0 Å². The van der Waals surface area contributed by atoms with Gasteiger partial charge in [0, 0.05) is 20.0 Å². The lowest BCUT2D eigenvalue weighted by Gasteiger charge is -2.14. The fourth-order valence-corrected chi connectivity index (χ4v) is 1.32. The summed E-state index contributed by atoms with van der Waals surface area (Å²) in [5.41, 5.74) is 2.72. The predicted octanol–water partition coefficient (Wildman–Crippen LogP) is -0.419. The van der Waals surface area contributed by atoms with Gasteiger partial charge in [-0.2, -0.15) is 0 Å². The number of nitroso groups, excluding NO2 is 1. The van der Waals surface area contributed by atoms with Crippen molar-refractivity contribution in [3.63, 3.8) is 0 Å². The Hall–Kier alpha value is -2.45. The molecule has 1 heterocycles. The molecule has 0 saturated carbocycles. The minimum Gasteiger partial charge on any atom is -0.281 e. The molecular formula is C10H15N5O4. The average Bonchev–Trinajstić information content (AvgIpc) is 2.38. The highest BCUT2D eigenvalue weighted by Gasteiger charge is 2.17. The number of hydrazine groups is 1. The Bertz CT molecular complexity index is 628. The number of carbonyl (C=O) groups excluding carboxylic acids is 1. The molecule has 0 aliphatic rings. The Morgan fingerprint density at radius 3 is 2.26 bits per heavy atom. The van der Waals surface area contributed by atoms with E-state index in [2.05, 4.69) is 16.0 Å². The number of aromatic nitrogens is 2. The molecule has 0 fully saturated rings. The Morgan fingerprint density at radius 1 is 1.21 bits per heavy atom. The van der Waals surface area contributed by atoms with Crippen LogP contribution in [-0.4, -0.2) is 15.0 Å². The van der Waals surface area contributed by atoms with Gasteiger partial charge < -0.3 is 0 Å². The van der Waals surface area contributed by atoms with E-state index in [0.29, 0.717) is 0 Å². The van der Waals surface area contributed by atoms with Crippen molar-refractivity contribution >= 4 is 17.4 Å². The molecule has 0 aliphatic carbocycles. The Balaban J connectivity index is 3.28. The van der Waals surface area contributed by atoms with E-state index < -0.39 is 16.9 Å². The van der Waals surface area contributed by atoms with E-state index in [9.17, 15) is 19.3 Å². The average molecular weight is 269 g/mol. The minimum absolute atomic E-state index is 0.155. The molecule has 0 radical (unpaired) electrons. The molecule has 19 heavy (non-hydrogen) atoms. The standard InChI is InChI=1S/C10H15N5O4/c1-5(2)8(16)12-11-7-6(13-19)9(17)15(4)10(18)14(7)3/h5,11H,1-4H3,(H,12,16). The molecule has 0 aliphatic heterocycles. The molecule has 9 nitrogen and oxygen atoms in total. The molecule has 0 saturated heterocycles. The van der Waals surface area contributed by atoms with Gasteiger partial charge in [-0.1, -0.05) is 13.8 Å². The Morgan fingerprint density at radius 2 is 1.79 bits per heavy atom. The normalized spacial score (nSPS) is 10.4. The number of nitrogens with zero attached hydrogens (tertiary/aromatic N) is 3. The van der Waals surface area contributed by atoms with Crippen molar-refractivity contribution in [2.45, 2.75) is 13.8 Å². The van der Waals surface area contributed by atoms with Crippen LogP contribution < -0.4 is 22.1 Å². The third kappa shape index (κ3) is 2.69. The maximum atomic E-state index is 11.7. The predicted molar refractivity (Wildman–Crippen MR) is 69.0 cm³/mol. The summed E-state index contributed by atoms with van der Waals surface area (Å²) in [5, 5.41) is 2.60. The first-order valence-electron chi connectivity index (χ1n) is 5.50. The number of hydrogen-bond acceptors (Lipinski definition) is 6. The van der Waals surface area contributed by atoms with Crippen LogP contribution in [0.2, 0.25) is 0 Å². The zero-order valence-electron chi connectivity index (χ0n) is 11.1. The molecule has 104 valence electrons. The number of nitrogens with one attached hydrogen (secondary N) is 2. The van der Waals surface area contributed by atoms with Crippen molar-refractivity contribution in [1.29, 1.82) is 0 Å². The van der Waals surface area contributed by atoms with Crippen LogP contribution in [0.3, 0.4) is 0 Å². The number of anilines is 1. The van der Waals surface area contributed by atoms with E-state index in [0.717, 1.165) is 9.13 Å². The molecule has 9 heteroatoms. The van der Waals surface area contributed by atoms with Gasteiger partial charge in [0.05, 0.1) is 0 Å². The van der Waals surface area contributed by atoms with Crippen LogP contribution >= 0.6 is 0 Å². The van der Waals surface area contributed by atoms with Gasteiger partial charge in [-0.15, -0.1) is 4.91 Å². The first-order chi connectivity index (χ1) is 8.81. The first kappa shape index (κ1) is 14.6. The second-order valence-corrected chi connectivity index (χ2v) is 4.26. The summed E-state index contributed by atoms with van der Waals surface area (Å²) in [6.07, 6.45) is 0. The summed E-state index contributed by atoms with van der Waals surface area (Å²) in [5.74, 6) is -0.814. The van der Waals surface area contributed by atoms with E-state index in [1.54, 1.807) is 13.8 Å². The van der Waals surface area contributed by atoms with Crippen molar-refractivity contribution < 1.29 is 4.79 Å². The molecule has 2 N–H and O–H groups in total. The lowest BCUT2D eigenvalue weighted by molar-refractivity contribution is -0.123. The Kier molecular flexibility index (Phi) is 4.20. The number of amides is 1. The summed E-state index contributed by atoms with van der Waals surface area (Å²) in [6.45, 7) is 3.33. The van der Waals surface area contributed by atoms with E-state index >= 15 is 0 Å². The van der Waals surface area contributed by atoms with E-state index in [-0.39, 0.29) is 17.6 Å². The molecule has 1 amide bonds. The second kappa shape index (κ2) is 5.46. The van der Waals surface area contributed by atoms with Gasteiger partial charge in [0.1, 0.15) is 0 Å². The summed E-state index contributed by atoms with van der Waals surface area (Å²) in [7, 11) is 2.58. The summed E-state index contributed by atoms with van der Waals surface area (Å²) >= 11 is 0. The van der Waals surface area contributed by atoms with E-state index in [1.165, 1.54) is 14.1 Å². The Labute approximate surface area is 108 Å². The molecule has 1 aromatic heterocycles. The highest BCUT2D eigenvalue weighted by Crippen LogP contribution is 2.15. The lowest BCUT2D eigenvalue weighted by Crippen LogP contribution is -2.41. The van der Waals surface area contributed by atoms with Crippen molar-refractivity contribution in [2.24, 2.45) is 25.2 Å². The van der Waals surface area contributed by atoms with E-state index in [4.69, 9.17) is 0 Å². The quantitative estimate of drug-likeness (QED) is 0.569. The topological polar surface area (TPSA) is 115 Å². The SMILES string of the molecule is CC(C)C(=O)NNc1c(N=O)c(=O)n(C)c(=O)n1C. The van der Waals surface area contributed by atoms with Gasteiger partial charge >= 0.3 is 5.69 Å². The zero-order valence-corrected chi connectivity index (χ0v) is 11.1. The maximum absolute atomic E-state index is 11.7. The van der Waals surface area contributed by atoms with Gasteiger partial charge in [0.15, 0.2) is 5.82 Å². The number of rotatable bonds is 4. The third-order valence-corrected chi connectivity index (χ3v) is 2.56. The van der Waals surface area contributed by atoms with Crippen LogP contribution in [0.25, 0.3) is 0 Å². The van der Waals surface area contributed by atoms with Gasteiger partial charge in [-0.3, -0.25) is 29.6 Å².